The predicted molar refractivity (Wildman–Crippen MR) is 82.2 cm³/mol. The molecule has 1 aromatic rings. The number of hydrogen-bond acceptors (Lipinski definition) is 3. The molecule has 0 aliphatic heterocycles. The Morgan fingerprint density at radius 3 is 2.40 bits per heavy atom. The lowest BCUT2D eigenvalue weighted by molar-refractivity contribution is 0.555. The van der Waals surface area contributed by atoms with Crippen LogP contribution in [0.25, 0.3) is 0 Å². The van der Waals surface area contributed by atoms with Crippen molar-refractivity contribution in [1.29, 1.82) is 0 Å². The molecule has 0 saturated heterocycles. The summed E-state index contributed by atoms with van der Waals surface area (Å²) in [6.45, 7) is 11.4. The summed E-state index contributed by atoms with van der Waals surface area (Å²) in [5, 5.41) is 3.32. The van der Waals surface area contributed by atoms with Gasteiger partial charge in [-0.2, -0.15) is 0 Å². The van der Waals surface area contributed by atoms with Crippen LogP contribution in [0.15, 0.2) is 17.2 Å². The maximum absolute atomic E-state index is 12.3. The first-order valence-corrected chi connectivity index (χ1v) is 8.73. The third-order valence-corrected chi connectivity index (χ3v) is 4.83. The van der Waals surface area contributed by atoms with Crippen molar-refractivity contribution in [3.63, 3.8) is 0 Å². The van der Waals surface area contributed by atoms with Crippen molar-refractivity contribution in [1.82, 2.24) is 14.6 Å². The van der Waals surface area contributed by atoms with Gasteiger partial charge in [-0.15, -0.1) is 0 Å². The van der Waals surface area contributed by atoms with E-state index in [2.05, 4.69) is 23.9 Å². The zero-order valence-corrected chi connectivity index (χ0v) is 13.9. The fourth-order valence-electron chi connectivity index (χ4n) is 1.84. The van der Waals surface area contributed by atoms with Gasteiger partial charge in [-0.05, 0) is 26.3 Å². The molecule has 1 rings (SSSR count). The Morgan fingerprint density at radius 1 is 1.25 bits per heavy atom. The van der Waals surface area contributed by atoms with Crippen LogP contribution in [-0.2, 0) is 23.1 Å². The van der Waals surface area contributed by atoms with Crippen molar-refractivity contribution in [3.8, 4) is 0 Å². The van der Waals surface area contributed by atoms with Gasteiger partial charge in [0, 0.05) is 37.1 Å². The van der Waals surface area contributed by atoms with E-state index in [9.17, 15) is 8.42 Å². The minimum atomic E-state index is -3.42. The molecule has 1 aromatic heterocycles. The van der Waals surface area contributed by atoms with Crippen LogP contribution in [0.3, 0.4) is 0 Å². The summed E-state index contributed by atoms with van der Waals surface area (Å²) in [6, 6.07) is 2.07. The Morgan fingerprint density at radius 2 is 1.90 bits per heavy atom. The maximum atomic E-state index is 12.3. The number of sulfonamides is 1. The van der Waals surface area contributed by atoms with Gasteiger partial charge < -0.3 is 9.88 Å². The van der Waals surface area contributed by atoms with Crippen molar-refractivity contribution >= 4 is 10.0 Å². The molecular formula is C14H27N3O2S. The molecule has 0 radical (unpaired) electrons. The van der Waals surface area contributed by atoms with Gasteiger partial charge in [0.1, 0.15) is 0 Å². The first-order valence-electron chi connectivity index (χ1n) is 7.24. The number of nitrogens with one attached hydrogen (secondary N) is 2. The minimum Gasteiger partial charge on any atom is -0.349 e. The van der Waals surface area contributed by atoms with Gasteiger partial charge in [0.05, 0.1) is 4.90 Å². The van der Waals surface area contributed by atoms with Crippen LogP contribution in [0.5, 0.6) is 0 Å². The Kier molecular flexibility index (Phi) is 6.23. The van der Waals surface area contributed by atoms with Crippen LogP contribution < -0.4 is 10.0 Å². The van der Waals surface area contributed by atoms with E-state index in [-0.39, 0.29) is 6.04 Å². The van der Waals surface area contributed by atoms with Crippen molar-refractivity contribution in [3.05, 3.63) is 18.0 Å². The minimum absolute atomic E-state index is 0.0535. The van der Waals surface area contributed by atoms with Crippen LogP contribution in [0.2, 0.25) is 0 Å². The molecule has 0 bridgehead atoms. The Balaban J connectivity index is 2.96. The topological polar surface area (TPSA) is 63.1 Å². The summed E-state index contributed by atoms with van der Waals surface area (Å²) in [5.41, 5.74) is 0.991. The molecule has 0 aliphatic rings. The van der Waals surface area contributed by atoms with E-state index >= 15 is 0 Å². The number of aromatic nitrogens is 1. The second-order valence-corrected chi connectivity index (χ2v) is 7.13. The first-order chi connectivity index (χ1) is 9.30. The van der Waals surface area contributed by atoms with Crippen LogP contribution in [-0.4, -0.2) is 25.1 Å². The lowest BCUT2D eigenvalue weighted by atomic mass is 10.3. The highest BCUT2D eigenvalue weighted by Crippen LogP contribution is 2.15. The molecule has 0 amide bonds. The molecule has 0 saturated carbocycles. The average molecular weight is 301 g/mol. The fraction of sp³-hybridized carbons (Fsp3) is 0.714. The van der Waals surface area contributed by atoms with Gasteiger partial charge in [-0.1, -0.05) is 20.8 Å². The molecule has 6 heteroatoms. The molecule has 1 unspecified atom stereocenters. The van der Waals surface area contributed by atoms with Gasteiger partial charge >= 0.3 is 0 Å². The summed E-state index contributed by atoms with van der Waals surface area (Å²) in [5.74, 6) is 0. The number of rotatable bonds is 8. The summed E-state index contributed by atoms with van der Waals surface area (Å²) in [7, 11) is -3.42. The summed E-state index contributed by atoms with van der Waals surface area (Å²) >= 11 is 0. The molecule has 0 spiro atoms. The van der Waals surface area contributed by atoms with E-state index < -0.39 is 10.0 Å². The number of hydrogen-bond donors (Lipinski definition) is 2. The normalized spacial score (nSPS) is 13.9. The molecule has 1 atom stereocenters. The van der Waals surface area contributed by atoms with Gasteiger partial charge in [-0.25, -0.2) is 13.1 Å². The highest BCUT2D eigenvalue weighted by Gasteiger charge is 2.19. The van der Waals surface area contributed by atoms with E-state index in [1.165, 1.54) is 0 Å². The highest BCUT2D eigenvalue weighted by molar-refractivity contribution is 7.89. The quantitative estimate of drug-likeness (QED) is 0.773. The van der Waals surface area contributed by atoms with E-state index in [0.717, 1.165) is 18.7 Å². The zero-order chi connectivity index (χ0) is 15.3. The molecule has 0 aliphatic carbocycles. The average Bonchev–Trinajstić information content (AvgIpc) is 2.79. The van der Waals surface area contributed by atoms with Gasteiger partial charge in [0.2, 0.25) is 10.0 Å². The standard InChI is InChI=1S/C14H27N3O2S/c1-6-12(5)16-20(18,19)14-8-13(9-15-11(3)4)17(7-2)10-14/h8,10-12,15-16H,6-7,9H2,1-5H3. The van der Waals surface area contributed by atoms with Crippen molar-refractivity contribution in [2.45, 2.75) is 71.1 Å². The molecule has 2 N–H and O–H groups in total. The monoisotopic (exact) mass is 301 g/mol. The molecule has 0 aromatic carbocycles. The van der Waals surface area contributed by atoms with Crippen molar-refractivity contribution in [2.24, 2.45) is 0 Å². The van der Waals surface area contributed by atoms with Gasteiger partial charge in [0.15, 0.2) is 0 Å². The first kappa shape index (κ1) is 17.2. The third-order valence-electron chi connectivity index (χ3n) is 3.27. The summed E-state index contributed by atoms with van der Waals surface area (Å²) < 4.78 is 29.2. The predicted octanol–water partition coefficient (Wildman–Crippen LogP) is 2.08. The van der Waals surface area contributed by atoms with Crippen LogP contribution >= 0.6 is 0 Å². The highest BCUT2D eigenvalue weighted by atomic mass is 32.2. The molecule has 20 heavy (non-hydrogen) atoms. The van der Waals surface area contributed by atoms with Gasteiger partial charge in [-0.3, -0.25) is 0 Å². The van der Waals surface area contributed by atoms with Gasteiger partial charge in [0.25, 0.3) is 0 Å². The van der Waals surface area contributed by atoms with Crippen molar-refractivity contribution < 1.29 is 8.42 Å². The lowest BCUT2D eigenvalue weighted by Gasteiger charge is -2.10. The SMILES string of the molecule is CCC(C)NS(=O)(=O)c1cc(CNC(C)C)n(CC)c1. The summed E-state index contributed by atoms with van der Waals surface area (Å²) in [6.07, 6.45) is 2.48. The number of aryl methyl sites for hydroxylation is 1. The molecule has 5 nitrogen and oxygen atoms in total. The van der Waals surface area contributed by atoms with E-state index in [4.69, 9.17) is 0 Å². The maximum Gasteiger partial charge on any atom is 0.242 e. The van der Waals surface area contributed by atoms with E-state index in [1.54, 1.807) is 12.3 Å². The molecule has 0 fully saturated rings. The number of nitrogens with zero attached hydrogens (tertiary/aromatic N) is 1. The third kappa shape index (κ3) is 4.61. The molecule has 1 heterocycles. The Labute approximate surface area is 122 Å². The Bertz CT molecular complexity index is 521. The van der Waals surface area contributed by atoms with Crippen LogP contribution in [0.1, 0.15) is 46.7 Å². The second-order valence-electron chi connectivity index (χ2n) is 5.42. The van der Waals surface area contributed by atoms with Crippen LogP contribution in [0.4, 0.5) is 0 Å². The molecular weight excluding hydrogens is 274 g/mol. The van der Waals surface area contributed by atoms with E-state index in [1.807, 2.05) is 25.3 Å². The van der Waals surface area contributed by atoms with Crippen LogP contribution in [0, 0.1) is 0 Å². The molecule has 116 valence electrons. The Hall–Kier alpha value is -0.850. The second kappa shape index (κ2) is 7.24. The van der Waals surface area contributed by atoms with E-state index in [0.29, 0.717) is 17.5 Å². The lowest BCUT2D eigenvalue weighted by Crippen LogP contribution is -2.31. The summed E-state index contributed by atoms with van der Waals surface area (Å²) in [4.78, 5) is 0.347. The zero-order valence-electron chi connectivity index (χ0n) is 13.1. The fourth-order valence-corrected chi connectivity index (χ4v) is 3.23. The smallest absolute Gasteiger partial charge is 0.242 e. The largest absolute Gasteiger partial charge is 0.349 e. The van der Waals surface area contributed by atoms with Crippen molar-refractivity contribution in [2.75, 3.05) is 0 Å².